The topological polar surface area (TPSA) is 76.6 Å². The van der Waals surface area contributed by atoms with Gasteiger partial charge in [0.15, 0.2) is 5.78 Å². The monoisotopic (exact) mass is 410 g/mol. The molecule has 0 N–H and O–H groups in total. The van der Waals surface area contributed by atoms with E-state index in [9.17, 15) is 13.2 Å². The fourth-order valence-corrected chi connectivity index (χ4v) is 4.25. The summed E-state index contributed by atoms with van der Waals surface area (Å²) in [4.78, 5) is 16.7. The van der Waals surface area contributed by atoms with Crippen molar-refractivity contribution < 1.29 is 17.9 Å². The molecule has 3 rings (SSSR count). The van der Waals surface area contributed by atoms with Crippen molar-refractivity contribution in [2.24, 2.45) is 0 Å². The van der Waals surface area contributed by atoms with Crippen molar-refractivity contribution in [2.45, 2.75) is 18.7 Å². The molecule has 0 atom stereocenters. The number of ether oxygens (including phenoxy) is 1. The molecule has 0 saturated carbocycles. The first-order valence-electron chi connectivity index (χ1n) is 9.29. The second-order valence-electron chi connectivity index (χ2n) is 6.24. The minimum absolute atomic E-state index is 0.0683. The lowest BCUT2D eigenvalue weighted by Gasteiger charge is -2.18. The van der Waals surface area contributed by atoms with Gasteiger partial charge in [-0.3, -0.25) is 4.79 Å². The first kappa shape index (κ1) is 20.7. The number of hydrogen-bond acceptors (Lipinski definition) is 5. The van der Waals surface area contributed by atoms with Gasteiger partial charge in [0.05, 0.1) is 6.20 Å². The highest BCUT2D eigenvalue weighted by atomic mass is 32.2. The lowest BCUT2D eigenvalue weighted by atomic mass is 10.0. The number of rotatable bonds is 8. The molecular formula is C22H22N2O4S. The lowest BCUT2D eigenvalue weighted by molar-refractivity contribution is 0.103. The fourth-order valence-electron chi connectivity index (χ4n) is 2.84. The molecule has 0 bridgehead atoms. The Morgan fingerprint density at radius 2 is 1.52 bits per heavy atom. The van der Waals surface area contributed by atoms with Gasteiger partial charge in [-0.2, -0.15) is 4.31 Å². The summed E-state index contributed by atoms with van der Waals surface area (Å²) in [6.07, 6.45) is 1.29. The minimum atomic E-state index is -3.55. The number of hydrogen-bond donors (Lipinski definition) is 0. The average Bonchev–Trinajstić information content (AvgIpc) is 2.75. The van der Waals surface area contributed by atoms with Gasteiger partial charge < -0.3 is 4.74 Å². The Labute approximate surface area is 170 Å². The second-order valence-corrected chi connectivity index (χ2v) is 8.18. The standard InChI is InChI=1S/C22H22N2O4S/c1-3-24(4-2)29(26,27)20-14-15-21(23-16-20)28-19-12-10-18(11-13-19)22(25)17-8-6-5-7-9-17/h5-16H,3-4H2,1-2H3. The van der Waals surface area contributed by atoms with Gasteiger partial charge in [0.25, 0.3) is 0 Å². The van der Waals surface area contributed by atoms with Gasteiger partial charge in [-0.05, 0) is 30.3 Å². The normalized spacial score (nSPS) is 11.4. The summed E-state index contributed by atoms with van der Waals surface area (Å²) in [5.74, 6) is 0.702. The van der Waals surface area contributed by atoms with Crippen LogP contribution in [0.3, 0.4) is 0 Å². The van der Waals surface area contributed by atoms with Crippen LogP contribution in [0.4, 0.5) is 0 Å². The van der Waals surface area contributed by atoms with Crippen molar-refractivity contribution >= 4 is 15.8 Å². The summed E-state index contributed by atoms with van der Waals surface area (Å²) < 4.78 is 32.0. The Morgan fingerprint density at radius 1 is 0.897 bits per heavy atom. The fraction of sp³-hybridized carbons (Fsp3) is 0.182. The minimum Gasteiger partial charge on any atom is -0.439 e. The number of sulfonamides is 1. The molecule has 0 aliphatic heterocycles. The van der Waals surface area contributed by atoms with Crippen molar-refractivity contribution in [3.63, 3.8) is 0 Å². The SMILES string of the molecule is CCN(CC)S(=O)(=O)c1ccc(Oc2ccc(C(=O)c3ccccc3)cc2)nc1. The van der Waals surface area contributed by atoms with Gasteiger partial charge in [-0.1, -0.05) is 44.2 Å². The Hall–Kier alpha value is -3.03. The summed E-state index contributed by atoms with van der Waals surface area (Å²) in [6, 6.07) is 18.8. The highest BCUT2D eigenvalue weighted by Crippen LogP contribution is 2.23. The second kappa shape index (κ2) is 8.98. The van der Waals surface area contributed by atoms with E-state index in [1.807, 2.05) is 18.2 Å². The van der Waals surface area contributed by atoms with Gasteiger partial charge in [0.2, 0.25) is 15.9 Å². The van der Waals surface area contributed by atoms with Gasteiger partial charge in [0, 0.05) is 30.3 Å². The van der Waals surface area contributed by atoms with Gasteiger partial charge in [-0.15, -0.1) is 0 Å². The Morgan fingerprint density at radius 3 is 2.07 bits per heavy atom. The molecule has 2 aromatic carbocycles. The third-order valence-corrected chi connectivity index (χ3v) is 6.46. The summed E-state index contributed by atoms with van der Waals surface area (Å²) in [7, 11) is -3.55. The van der Waals surface area contributed by atoms with E-state index in [1.165, 1.54) is 22.6 Å². The van der Waals surface area contributed by atoms with Crippen LogP contribution >= 0.6 is 0 Å². The number of nitrogens with zero attached hydrogens (tertiary/aromatic N) is 2. The summed E-state index contributed by atoms with van der Waals surface area (Å²) in [5, 5.41) is 0. The molecule has 6 nitrogen and oxygen atoms in total. The summed E-state index contributed by atoms with van der Waals surface area (Å²) >= 11 is 0. The van der Waals surface area contributed by atoms with Crippen LogP contribution in [0.1, 0.15) is 29.8 Å². The number of carbonyl (C=O) groups is 1. The van der Waals surface area contributed by atoms with Crippen LogP contribution in [0.15, 0.2) is 77.8 Å². The maximum Gasteiger partial charge on any atom is 0.244 e. The van der Waals surface area contributed by atoms with E-state index in [0.29, 0.717) is 30.0 Å². The number of pyridine rings is 1. The molecule has 1 heterocycles. The molecule has 0 unspecified atom stereocenters. The van der Waals surface area contributed by atoms with Crippen molar-refractivity contribution in [3.8, 4) is 11.6 Å². The Kier molecular flexibility index (Phi) is 6.41. The van der Waals surface area contributed by atoms with E-state index in [-0.39, 0.29) is 16.6 Å². The third-order valence-electron chi connectivity index (χ3n) is 4.43. The molecule has 0 saturated heterocycles. The number of aromatic nitrogens is 1. The van der Waals surface area contributed by atoms with Crippen LogP contribution in [0.5, 0.6) is 11.6 Å². The molecular weight excluding hydrogens is 388 g/mol. The predicted molar refractivity (Wildman–Crippen MR) is 111 cm³/mol. The van der Waals surface area contributed by atoms with Crippen LogP contribution in [-0.4, -0.2) is 36.6 Å². The largest absolute Gasteiger partial charge is 0.439 e. The molecule has 29 heavy (non-hydrogen) atoms. The summed E-state index contributed by atoms with van der Waals surface area (Å²) in [6.45, 7) is 4.37. The molecule has 150 valence electrons. The molecule has 0 aliphatic carbocycles. The zero-order chi connectivity index (χ0) is 20.9. The van der Waals surface area contributed by atoms with Gasteiger partial charge in [0.1, 0.15) is 10.6 Å². The third kappa shape index (κ3) is 4.70. The zero-order valence-corrected chi connectivity index (χ0v) is 17.1. The highest BCUT2D eigenvalue weighted by molar-refractivity contribution is 7.89. The highest BCUT2D eigenvalue weighted by Gasteiger charge is 2.21. The van der Waals surface area contributed by atoms with E-state index in [1.54, 1.807) is 50.2 Å². The van der Waals surface area contributed by atoms with Gasteiger partial charge >= 0.3 is 0 Å². The maximum atomic E-state index is 12.5. The van der Waals surface area contributed by atoms with Crippen molar-refractivity contribution in [1.82, 2.24) is 9.29 Å². The molecule has 3 aromatic rings. The zero-order valence-electron chi connectivity index (χ0n) is 16.3. The van der Waals surface area contributed by atoms with E-state index in [0.717, 1.165) is 0 Å². The molecule has 1 aromatic heterocycles. The average molecular weight is 410 g/mol. The Bertz CT molecular complexity index is 1060. The molecule has 0 fully saturated rings. The Balaban J connectivity index is 1.72. The van der Waals surface area contributed by atoms with Crippen LogP contribution < -0.4 is 4.74 Å². The van der Waals surface area contributed by atoms with E-state index < -0.39 is 10.0 Å². The molecule has 0 spiro atoms. The molecule has 0 radical (unpaired) electrons. The van der Waals surface area contributed by atoms with Crippen molar-refractivity contribution in [2.75, 3.05) is 13.1 Å². The van der Waals surface area contributed by atoms with Crippen molar-refractivity contribution in [3.05, 3.63) is 84.1 Å². The van der Waals surface area contributed by atoms with Gasteiger partial charge in [-0.25, -0.2) is 13.4 Å². The first-order valence-corrected chi connectivity index (χ1v) is 10.7. The quantitative estimate of drug-likeness (QED) is 0.522. The van der Waals surface area contributed by atoms with E-state index >= 15 is 0 Å². The van der Waals surface area contributed by atoms with Crippen LogP contribution in [-0.2, 0) is 10.0 Å². The first-order chi connectivity index (χ1) is 14.0. The van der Waals surface area contributed by atoms with E-state index in [4.69, 9.17) is 4.74 Å². The molecule has 0 amide bonds. The number of ketones is 1. The van der Waals surface area contributed by atoms with E-state index in [2.05, 4.69) is 4.98 Å². The van der Waals surface area contributed by atoms with Crippen LogP contribution in [0.25, 0.3) is 0 Å². The smallest absolute Gasteiger partial charge is 0.244 e. The lowest BCUT2D eigenvalue weighted by Crippen LogP contribution is -2.30. The number of carbonyl (C=O) groups excluding carboxylic acids is 1. The number of benzene rings is 2. The van der Waals surface area contributed by atoms with Crippen LogP contribution in [0, 0.1) is 0 Å². The van der Waals surface area contributed by atoms with Crippen molar-refractivity contribution in [1.29, 1.82) is 0 Å². The predicted octanol–water partition coefficient (Wildman–Crippen LogP) is 4.14. The maximum absolute atomic E-state index is 12.5. The summed E-state index contributed by atoms with van der Waals surface area (Å²) in [5.41, 5.74) is 1.17. The molecule has 7 heteroatoms. The molecule has 0 aliphatic rings. The van der Waals surface area contributed by atoms with Crippen LogP contribution in [0.2, 0.25) is 0 Å².